The molecule has 2 aromatic heterocycles. The van der Waals surface area contributed by atoms with Crippen molar-refractivity contribution in [3.8, 4) is 0 Å². The van der Waals surface area contributed by atoms with Crippen LogP contribution in [0.2, 0.25) is 0 Å². The van der Waals surface area contributed by atoms with E-state index in [1.165, 1.54) is 6.20 Å². The molecule has 0 aromatic carbocycles. The quantitative estimate of drug-likeness (QED) is 0.866. The highest BCUT2D eigenvalue weighted by molar-refractivity contribution is 5.80. The highest BCUT2D eigenvalue weighted by Crippen LogP contribution is 2.21. The van der Waals surface area contributed by atoms with E-state index in [-0.39, 0.29) is 5.92 Å². The number of hydrogen-bond donors (Lipinski definition) is 1. The molecule has 0 aliphatic rings. The van der Waals surface area contributed by atoms with Crippen molar-refractivity contribution in [2.45, 2.75) is 53.2 Å². The molecule has 0 fully saturated rings. The summed E-state index contributed by atoms with van der Waals surface area (Å²) in [5, 5.41) is 0.346. The lowest BCUT2D eigenvalue weighted by molar-refractivity contribution is -0.160. The summed E-state index contributed by atoms with van der Waals surface area (Å²) in [5.74, 6) is -0.894. The number of pyridine rings is 1. The standard InChI is InChI=1S/C17H23N3O4/c1-9(2)13(15(22)24-17(4,5)6)20-14(21)12-10(3)7-18-8-11(12)19-16(20)23/h7-9,13H,1-6H3,(H,19,23). The topological polar surface area (TPSA) is 94.1 Å². The number of ether oxygens (including phenoxy) is 1. The molecule has 0 saturated heterocycles. The summed E-state index contributed by atoms with van der Waals surface area (Å²) < 4.78 is 6.36. The summed E-state index contributed by atoms with van der Waals surface area (Å²) in [5.41, 5.74) is -0.887. The van der Waals surface area contributed by atoms with E-state index in [1.807, 2.05) is 0 Å². The first-order chi connectivity index (χ1) is 11.0. The zero-order chi connectivity index (χ0) is 18.2. The van der Waals surface area contributed by atoms with Crippen LogP contribution in [0.1, 0.15) is 46.2 Å². The average Bonchev–Trinajstić information content (AvgIpc) is 2.40. The largest absolute Gasteiger partial charge is 0.458 e. The maximum absolute atomic E-state index is 12.9. The Labute approximate surface area is 139 Å². The third-order valence-corrected chi connectivity index (χ3v) is 3.59. The third kappa shape index (κ3) is 3.39. The number of rotatable bonds is 3. The molecule has 0 aliphatic carbocycles. The zero-order valence-electron chi connectivity index (χ0n) is 14.8. The van der Waals surface area contributed by atoms with E-state index < -0.39 is 28.9 Å². The Bertz CT molecular complexity index is 887. The summed E-state index contributed by atoms with van der Waals surface area (Å²) in [7, 11) is 0. The monoisotopic (exact) mass is 333 g/mol. The molecule has 1 N–H and O–H groups in total. The number of nitrogens with one attached hydrogen (secondary N) is 1. The molecular formula is C17H23N3O4. The van der Waals surface area contributed by atoms with Gasteiger partial charge in [0.1, 0.15) is 11.6 Å². The van der Waals surface area contributed by atoms with Gasteiger partial charge in [-0.05, 0) is 39.2 Å². The van der Waals surface area contributed by atoms with Crippen molar-refractivity contribution in [3.05, 3.63) is 38.8 Å². The van der Waals surface area contributed by atoms with Gasteiger partial charge in [-0.1, -0.05) is 13.8 Å². The lowest BCUT2D eigenvalue weighted by atomic mass is 10.0. The van der Waals surface area contributed by atoms with E-state index >= 15 is 0 Å². The number of aromatic nitrogens is 3. The zero-order valence-corrected chi connectivity index (χ0v) is 14.8. The summed E-state index contributed by atoms with van der Waals surface area (Å²) in [6, 6.07) is -1.00. The number of esters is 1. The fourth-order valence-corrected chi connectivity index (χ4v) is 2.62. The molecule has 2 heterocycles. The minimum Gasteiger partial charge on any atom is -0.458 e. The van der Waals surface area contributed by atoms with Gasteiger partial charge in [-0.3, -0.25) is 9.78 Å². The van der Waals surface area contributed by atoms with Crippen molar-refractivity contribution >= 4 is 16.9 Å². The minimum absolute atomic E-state index is 0.293. The summed E-state index contributed by atoms with van der Waals surface area (Å²) in [6.07, 6.45) is 2.97. The Morgan fingerprint density at radius 3 is 2.42 bits per heavy atom. The fourth-order valence-electron chi connectivity index (χ4n) is 2.62. The summed E-state index contributed by atoms with van der Waals surface area (Å²) in [6.45, 7) is 10.5. The fraction of sp³-hybridized carbons (Fsp3) is 0.529. The van der Waals surface area contributed by atoms with E-state index in [1.54, 1.807) is 47.7 Å². The Balaban J connectivity index is 2.72. The molecule has 0 amide bonds. The van der Waals surface area contributed by atoms with Gasteiger partial charge in [0.25, 0.3) is 5.56 Å². The molecule has 0 radical (unpaired) electrons. The Morgan fingerprint density at radius 2 is 1.88 bits per heavy atom. The molecule has 7 heteroatoms. The van der Waals surface area contributed by atoms with Gasteiger partial charge in [-0.2, -0.15) is 0 Å². The minimum atomic E-state index is -1.00. The number of aryl methyl sites for hydroxylation is 1. The summed E-state index contributed by atoms with van der Waals surface area (Å²) in [4.78, 5) is 44.5. The first-order valence-corrected chi connectivity index (χ1v) is 7.85. The summed E-state index contributed by atoms with van der Waals surface area (Å²) >= 11 is 0. The number of nitrogens with zero attached hydrogens (tertiary/aromatic N) is 2. The molecule has 2 aromatic rings. The van der Waals surface area contributed by atoms with Crippen LogP contribution >= 0.6 is 0 Å². The molecule has 0 spiro atoms. The number of aromatic amines is 1. The van der Waals surface area contributed by atoms with Crippen LogP contribution in [0.5, 0.6) is 0 Å². The van der Waals surface area contributed by atoms with Crippen LogP contribution < -0.4 is 11.2 Å². The Hall–Kier alpha value is -2.44. The van der Waals surface area contributed by atoms with Gasteiger partial charge >= 0.3 is 11.7 Å². The van der Waals surface area contributed by atoms with E-state index in [9.17, 15) is 14.4 Å². The number of carbonyl (C=O) groups excluding carboxylic acids is 1. The predicted molar refractivity (Wildman–Crippen MR) is 91.1 cm³/mol. The SMILES string of the molecule is Cc1cncc2[nH]c(=O)n(C(C(=O)OC(C)(C)C)C(C)C)c(=O)c12. The maximum Gasteiger partial charge on any atom is 0.330 e. The number of H-pyrrole nitrogens is 1. The van der Waals surface area contributed by atoms with Crippen LogP contribution in [-0.4, -0.2) is 26.1 Å². The normalized spacial score (nSPS) is 13.3. The predicted octanol–water partition coefficient (Wildman–Crippen LogP) is 1.93. The van der Waals surface area contributed by atoms with Crippen molar-refractivity contribution < 1.29 is 9.53 Å². The van der Waals surface area contributed by atoms with Gasteiger partial charge in [-0.15, -0.1) is 0 Å². The second kappa shape index (κ2) is 6.22. The molecule has 1 unspecified atom stereocenters. The van der Waals surface area contributed by atoms with E-state index in [0.717, 1.165) is 4.57 Å². The number of carbonyl (C=O) groups is 1. The van der Waals surface area contributed by atoms with E-state index in [2.05, 4.69) is 9.97 Å². The second-order valence-electron chi connectivity index (χ2n) is 7.21. The van der Waals surface area contributed by atoms with Gasteiger partial charge in [0.05, 0.1) is 17.1 Å². The van der Waals surface area contributed by atoms with Crippen molar-refractivity contribution in [1.82, 2.24) is 14.5 Å². The molecule has 1 atom stereocenters. The Kier molecular flexibility index (Phi) is 4.64. The Morgan fingerprint density at radius 1 is 1.25 bits per heavy atom. The van der Waals surface area contributed by atoms with Gasteiger partial charge in [0.2, 0.25) is 0 Å². The lowest BCUT2D eigenvalue weighted by Crippen LogP contribution is -2.45. The van der Waals surface area contributed by atoms with Crippen molar-refractivity contribution in [2.24, 2.45) is 5.92 Å². The molecule has 0 bridgehead atoms. The van der Waals surface area contributed by atoms with Crippen LogP contribution in [0.4, 0.5) is 0 Å². The highest BCUT2D eigenvalue weighted by atomic mass is 16.6. The lowest BCUT2D eigenvalue weighted by Gasteiger charge is -2.26. The molecule has 7 nitrogen and oxygen atoms in total. The van der Waals surface area contributed by atoms with Crippen LogP contribution in [-0.2, 0) is 9.53 Å². The van der Waals surface area contributed by atoms with Gasteiger partial charge in [0, 0.05) is 6.20 Å². The number of hydrogen-bond acceptors (Lipinski definition) is 5. The van der Waals surface area contributed by atoms with Gasteiger partial charge in [-0.25, -0.2) is 14.2 Å². The van der Waals surface area contributed by atoms with Crippen molar-refractivity contribution in [2.75, 3.05) is 0 Å². The smallest absolute Gasteiger partial charge is 0.330 e. The van der Waals surface area contributed by atoms with Crippen LogP contribution in [0.3, 0.4) is 0 Å². The second-order valence-corrected chi connectivity index (χ2v) is 7.21. The van der Waals surface area contributed by atoms with Gasteiger partial charge < -0.3 is 9.72 Å². The highest BCUT2D eigenvalue weighted by Gasteiger charge is 2.32. The molecule has 2 rings (SSSR count). The molecule has 24 heavy (non-hydrogen) atoms. The maximum atomic E-state index is 12.9. The first kappa shape index (κ1) is 17.9. The van der Waals surface area contributed by atoms with Crippen molar-refractivity contribution in [1.29, 1.82) is 0 Å². The van der Waals surface area contributed by atoms with Crippen molar-refractivity contribution in [3.63, 3.8) is 0 Å². The van der Waals surface area contributed by atoms with E-state index in [4.69, 9.17) is 4.74 Å². The van der Waals surface area contributed by atoms with E-state index in [0.29, 0.717) is 16.5 Å². The van der Waals surface area contributed by atoms with Crippen LogP contribution in [0.25, 0.3) is 10.9 Å². The third-order valence-electron chi connectivity index (χ3n) is 3.59. The molecular weight excluding hydrogens is 310 g/mol. The average molecular weight is 333 g/mol. The van der Waals surface area contributed by atoms with Gasteiger partial charge in [0.15, 0.2) is 0 Å². The first-order valence-electron chi connectivity index (χ1n) is 7.85. The van der Waals surface area contributed by atoms with Crippen LogP contribution in [0.15, 0.2) is 22.0 Å². The van der Waals surface area contributed by atoms with Crippen LogP contribution in [0, 0.1) is 12.8 Å². The molecule has 0 saturated carbocycles. The number of fused-ring (bicyclic) bond motifs is 1. The molecule has 130 valence electrons. The molecule has 0 aliphatic heterocycles.